The van der Waals surface area contributed by atoms with Crippen LogP contribution >= 0.6 is 11.6 Å². The van der Waals surface area contributed by atoms with Crippen LogP contribution in [0.15, 0.2) is 42.5 Å². The lowest BCUT2D eigenvalue weighted by molar-refractivity contribution is -0.127. The molecule has 1 atom stereocenters. The van der Waals surface area contributed by atoms with Gasteiger partial charge in [0.1, 0.15) is 5.75 Å². The van der Waals surface area contributed by atoms with E-state index >= 15 is 0 Å². The first-order valence-corrected chi connectivity index (χ1v) is 7.60. The Morgan fingerprint density at radius 1 is 1.18 bits per heavy atom. The van der Waals surface area contributed by atoms with Gasteiger partial charge >= 0.3 is 0 Å². The molecule has 2 aromatic carbocycles. The van der Waals surface area contributed by atoms with Gasteiger partial charge in [0, 0.05) is 11.6 Å². The van der Waals surface area contributed by atoms with Crippen LogP contribution in [0.1, 0.15) is 23.6 Å². The minimum Gasteiger partial charge on any atom is -0.481 e. The van der Waals surface area contributed by atoms with Gasteiger partial charge in [0.25, 0.3) is 5.91 Å². The number of carbonyl (C=O) groups excluding carboxylic acids is 1. The summed E-state index contributed by atoms with van der Waals surface area (Å²) in [5.41, 5.74) is 2.93. The van der Waals surface area contributed by atoms with Crippen LogP contribution < -0.4 is 10.1 Å². The van der Waals surface area contributed by atoms with Crippen molar-refractivity contribution in [1.29, 1.82) is 0 Å². The maximum absolute atomic E-state index is 12.1. The van der Waals surface area contributed by atoms with Crippen molar-refractivity contribution in [1.82, 2.24) is 5.32 Å². The van der Waals surface area contributed by atoms with E-state index in [9.17, 15) is 4.79 Å². The Morgan fingerprint density at radius 3 is 2.36 bits per heavy atom. The minimum absolute atomic E-state index is 0.144. The van der Waals surface area contributed by atoms with Gasteiger partial charge in [0.15, 0.2) is 6.10 Å². The summed E-state index contributed by atoms with van der Waals surface area (Å²) < 4.78 is 5.71. The normalized spacial score (nSPS) is 11.8. The standard InChI is InChI=1S/C18H20ClNO2/c1-12-9-16(10-13(2)17(12)19)22-14(3)18(21)20-11-15-7-5-4-6-8-15/h4-10,14H,11H2,1-3H3,(H,20,21)/t14-/m1/s1. The highest BCUT2D eigenvalue weighted by atomic mass is 35.5. The summed E-state index contributed by atoms with van der Waals surface area (Å²) >= 11 is 6.13. The quantitative estimate of drug-likeness (QED) is 0.903. The van der Waals surface area contributed by atoms with Crippen LogP contribution in [-0.4, -0.2) is 12.0 Å². The molecule has 22 heavy (non-hydrogen) atoms. The third-order valence-electron chi connectivity index (χ3n) is 3.40. The molecule has 0 saturated carbocycles. The fraction of sp³-hybridized carbons (Fsp3) is 0.278. The number of carbonyl (C=O) groups is 1. The first-order chi connectivity index (χ1) is 10.5. The van der Waals surface area contributed by atoms with Crippen molar-refractivity contribution >= 4 is 17.5 Å². The second-order valence-electron chi connectivity index (χ2n) is 5.33. The van der Waals surface area contributed by atoms with E-state index in [4.69, 9.17) is 16.3 Å². The van der Waals surface area contributed by atoms with E-state index in [1.54, 1.807) is 6.92 Å². The van der Waals surface area contributed by atoms with Gasteiger partial charge in [-0.15, -0.1) is 0 Å². The summed E-state index contributed by atoms with van der Waals surface area (Å²) in [4.78, 5) is 12.1. The number of amides is 1. The van der Waals surface area contributed by atoms with Crippen LogP contribution in [0.25, 0.3) is 0 Å². The molecule has 0 saturated heterocycles. The Hall–Kier alpha value is -2.00. The van der Waals surface area contributed by atoms with Crippen molar-refractivity contribution < 1.29 is 9.53 Å². The van der Waals surface area contributed by atoms with Gasteiger partial charge in [-0.1, -0.05) is 41.9 Å². The second-order valence-corrected chi connectivity index (χ2v) is 5.71. The molecule has 1 N–H and O–H groups in total. The van der Waals surface area contributed by atoms with E-state index in [2.05, 4.69) is 5.32 Å². The SMILES string of the molecule is Cc1cc(O[C@H](C)C(=O)NCc2ccccc2)cc(C)c1Cl. The summed E-state index contributed by atoms with van der Waals surface area (Å²) in [6.07, 6.45) is -0.566. The fourth-order valence-corrected chi connectivity index (χ4v) is 2.27. The van der Waals surface area contributed by atoms with Gasteiger partial charge in [0.05, 0.1) is 0 Å². The molecular formula is C18H20ClNO2. The average molecular weight is 318 g/mol. The molecule has 0 bridgehead atoms. The maximum atomic E-state index is 12.1. The Bertz CT molecular complexity index is 632. The summed E-state index contributed by atoms with van der Waals surface area (Å²) in [7, 11) is 0. The zero-order valence-corrected chi connectivity index (χ0v) is 13.8. The zero-order valence-electron chi connectivity index (χ0n) is 13.0. The molecule has 2 rings (SSSR count). The average Bonchev–Trinajstić information content (AvgIpc) is 2.51. The van der Waals surface area contributed by atoms with Gasteiger partial charge in [-0.05, 0) is 49.6 Å². The van der Waals surface area contributed by atoms with Gasteiger partial charge in [-0.2, -0.15) is 0 Å². The first kappa shape index (κ1) is 16.4. The van der Waals surface area contributed by atoms with Crippen molar-refractivity contribution in [3.8, 4) is 5.75 Å². The molecule has 0 aliphatic carbocycles. The highest BCUT2D eigenvalue weighted by Crippen LogP contribution is 2.26. The molecule has 0 spiro atoms. The first-order valence-electron chi connectivity index (χ1n) is 7.22. The van der Waals surface area contributed by atoms with Crippen molar-refractivity contribution in [2.75, 3.05) is 0 Å². The molecule has 4 heteroatoms. The van der Waals surface area contributed by atoms with Crippen molar-refractivity contribution in [2.24, 2.45) is 0 Å². The monoisotopic (exact) mass is 317 g/mol. The molecule has 0 aliphatic heterocycles. The van der Waals surface area contributed by atoms with E-state index in [1.807, 2.05) is 56.3 Å². The van der Waals surface area contributed by atoms with Gasteiger partial charge in [0.2, 0.25) is 0 Å². The van der Waals surface area contributed by atoms with Crippen molar-refractivity contribution in [2.45, 2.75) is 33.4 Å². The Balaban J connectivity index is 1.94. The predicted octanol–water partition coefficient (Wildman–Crippen LogP) is 4.04. The molecule has 0 aromatic heterocycles. The maximum Gasteiger partial charge on any atom is 0.261 e. The van der Waals surface area contributed by atoms with Crippen molar-refractivity contribution in [3.05, 3.63) is 64.2 Å². The highest BCUT2D eigenvalue weighted by molar-refractivity contribution is 6.32. The number of hydrogen-bond acceptors (Lipinski definition) is 2. The topological polar surface area (TPSA) is 38.3 Å². The summed E-state index contributed by atoms with van der Waals surface area (Å²) in [6.45, 7) is 6.07. The summed E-state index contributed by atoms with van der Waals surface area (Å²) in [6, 6.07) is 13.5. The van der Waals surface area contributed by atoms with Crippen molar-refractivity contribution in [3.63, 3.8) is 0 Å². The Kier molecular flexibility index (Phi) is 5.45. The minimum atomic E-state index is -0.566. The third kappa shape index (κ3) is 4.25. The Morgan fingerprint density at radius 2 is 1.77 bits per heavy atom. The van der Waals surface area contributed by atoms with Crippen LogP contribution in [0.4, 0.5) is 0 Å². The van der Waals surface area contributed by atoms with Gasteiger partial charge < -0.3 is 10.1 Å². The number of aryl methyl sites for hydroxylation is 2. The smallest absolute Gasteiger partial charge is 0.261 e. The zero-order chi connectivity index (χ0) is 16.1. The van der Waals surface area contributed by atoms with Gasteiger partial charge in [-0.3, -0.25) is 4.79 Å². The number of halogens is 1. The lowest BCUT2D eigenvalue weighted by atomic mass is 10.1. The number of ether oxygens (including phenoxy) is 1. The van der Waals surface area contributed by atoms with Crippen LogP contribution in [0.2, 0.25) is 5.02 Å². The molecule has 0 aliphatic rings. The molecule has 0 unspecified atom stereocenters. The molecule has 3 nitrogen and oxygen atoms in total. The van der Waals surface area contributed by atoms with Crippen LogP contribution in [0.3, 0.4) is 0 Å². The number of rotatable bonds is 5. The molecule has 0 heterocycles. The number of benzene rings is 2. The lowest BCUT2D eigenvalue weighted by Gasteiger charge is -2.16. The molecular weight excluding hydrogens is 298 g/mol. The number of hydrogen-bond donors (Lipinski definition) is 1. The highest BCUT2D eigenvalue weighted by Gasteiger charge is 2.15. The van der Waals surface area contributed by atoms with Crippen LogP contribution in [-0.2, 0) is 11.3 Å². The van der Waals surface area contributed by atoms with E-state index < -0.39 is 6.10 Å². The molecule has 0 fully saturated rings. The predicted molar refractivity (Wildman–Crippen MR) is 89.3 cm³/mol. The molecule has 0 radical (unpaired) electrons. The van der Waals surface area contributed by atoms with Crippen LogP contribution in [0, 0.1) is 13.8 Å². The summed E-state index contributed by atoms with van der Waals surface area (Å²) in [5.74, 6) is 0.510. The van der Waals surface area contributed by atoms with E-state index in [0.717, 1.165) is 21.7 Å². The fourth-order valence-electron chi connectivity index (χ4n) is 2.16. The molecule has 2 aromatic rings. The number of nitrogens with one attached hydrogen (secondary N) is 1. The van der Waals surface area contributed by atoms with E-state index in [1.165, 1.54) is 0 Å². The summed E-state index contributed by atoms with van der Waals surface area (Å²) in [5, 5.41) is 3.60. The lowest BCUT2D eigenvalue weighted by Crippen LogP contribution is -2.35. The largest absolute Gasteiger partial charge is 0.481 e. The third-order valence-corrected chi connectivity index (χ3v) is 4.00. The van der Waals surface area contributed by atoms with Crippen LogP contribution in [0.5, 0.6) is 5.75 Å². The molecule has 116 valence electrons. The van der Waals surface area contributed by atoms with E-state index in [-0.39, 0.29) is 5.91 Å². The molecule has 1 amide bonds. The van der Waals surface area contributed by atoms with E-state index in [0.29, 0.717) is 12.3 Å². The second kappa shape index (κ2) is 7.32. The van der Waals surface area contributed by atoms with Gasteiger partial charge in [-0.25, -0.2) is 0 Å². The Labute approximate surface area is 136 Å².